The van der Waals surface area contributed by atoms with Crippen LogP contribution in [-0.2, 0) is 0 Å². The number of para-hydroxylation sites is 1. The number of benzene rings is 1. The van der Waals surface area contributed by atoms with Gasteiger partial charge in [-0.05, 0) is 6.07 Å². The minimum atomic E-state index is 0.367. The predicted octanol–water partition coefficient (Wildman–Crippen LogP) is 3.69. The number of hydrogen-bond acceptors (Lipinski definition) is 2. The molecule has 0 spiro atoms. The van der Waals surface area contributed by atoms with Crippen LogP contribution in [-0.4, -0.2) is 4.98 Å². The van der Waals surface area contributed by atoms with Crippen molar-refractivity contribution < 1.29 is 4.42 Å². The van der Waals surface area contributed by atoms with Crippen LogP contribution in [0.3, 0.4) is 0 Å². The molecule has 0 saturated heterocycles. The molecule has 0 saturated carbocycles. The van der Waals surface area contributed by atoms with E-state index in [9.17, 15) is 0 Å². The number of rotatable bonds is 0. The van der Waals surface area contributed by atoms with Crippen molar-refractivity contribution in [3.8, 4) is 0 Å². The van der Waals surface area contributed by atoms with Gasteiger partial charge in [0.25, 0.3) is 0 Å². The van der Waals surface area contributed by atoms with Crippen molar-refractivity contribution in [2.45, 2.75) is 0 Å². The van der Waals surface area contributed by atoms with Crippen molar-refractivity contribution in [1.82, 2.24) is 4.98 Å². The van der Waals surface area contributed by atoms with Crippen molar-refractivity contribution in [1.29, 1.82) is 0 Å². The Morgan fingerprint density at radius 1 is 1.20 bits per heavy atom. The van der Waals surface area contributed by atoms with Gasteiger partial charge in [-0.15, -0.1) is 0 Å². The Morgan fingerprint density at radius 2 is 2.00 bits per heavy atom. The lowest BCUT2D eigenvalue weighted by Crippen LogP contribution is -1.81. The van der Waals surface area contributed by atoms with E-state index in [4.69, 9.17) is 22.9 Å². The first-order valence-electron chi connectivity index (χ1n) is 4.49. The zero-order chi connectivity index (χ0) is 10.4. The lowest BCUT2D eigenvalue weighted by atomic mass is 10.2. The third-order valence-corrected chi connectivity index (χ3v) is 2.61. The summed E-state index contributed by atoms with van der Waals surface area (Å²) in [5.41, 5.74) is 1.84. The molecule has 2 heterocycles. The number of hydrogen-bond donors (Lipinski definition) is 0. The molecule has 0 fully saturated rings. The summed E-state index contributed by atoms with van der Waals surface area (Å²) in [5, 5.41) is 2.17. The van der Waals surface area contributed by atoms with Gasteiger partial charge in [0.15, 0.2) is 0 Å². The molecule has 0 aliphatic rings. The van der Waals surface area contributed by atoms with Crippen molar-refractivity contribution in [3.63, 3.8) is 0 Å². The molecule has 3 rings (SSSR count). The monoisotopic (exact) mass is 215 g/mol. The summed E-state index contributed by atoms with van der Waals surface area (Å²) in [4.78, 5) is 4.01. The maximum atomic E-state index is 6.03. The second kappa shape index (κ2) is 2.97. The van der Waals surface area contributed by atoms with E-state index in [-0.39, 0.29) is 0 Å². The van der Waals surface area contributed by atoms with E-state index in [0.717, 1.165) is 16.4 Å². The van der Waals surface area contributed by atoms with Gasteiger partial charge in [-0.3, -0.25) is 0 Å². The smallest absolute Gasteiger partial charge is 0.141 e. The highest BCUT2D eigenvalue weighted by atomic mass is 35.5. The van der Waals surface area contributed by atoms with E-state index < -0.39 is 0 Å². The first-order chi connectivity index (χ1) is 7.25. The number of halogens is 1. The normalized spacial score (nSPS) is 11.3. The maximum Gasteiger partial charge on any atom is 0.141 e. The third kappa shape index (κ3) is 1.22. The van der Waals surface area contributed by atoms with Crippen LogP contribution >= 0.6 is 11.6 Å². The van der Waals surface area contributed by atoms with Crippen molar-refractivity contribution in [3.05, 3.63) is 48.1 Å². The Kier molecular flexibility index (Phi) is 1.73. The van der Waals surface area contributed by atoms with E-state index in [2.05, 4.69) is 4.98 Å². The van der Waals surface area contributed by atoms with Gasteiger partial charge in [0.2, 0.25) is 0 Å². The Morgan fingerprint density at radius 3 is 2.87 bits per heavy atom. The summed E-state index contributed by atoms with van der Waals surface area (Å²) in [7, 11) is 0. The zero-order valence-electron chi connectivity index (χ0n) is 7.70. The standard InChI is InChI=1S/C12H6ClNO/c1-7-6-10-11(12(13)14-7)8-4-2-3-5-9(8)15-10/h1-6H. The van der Waals surface area contributed by atoms with Crippen LogP contribution in [0.2, 0.25) is 5.15 Å². The fourth-order valence-electron chi connectivity index (χ4n) is 1.71. The number of pyridine rings is 1. The average Bonchev–Trinajstić information content (AvgIpc) is 2.54. The van der Waals surface area contributed by atoms with E-state index in [1.807, 2.05) is 24.3 Å². The highest BCUT2D eigenvalue weighted by Crippen LogP contribution is 2.32. The number of nitrogens with zero attached hydrogens (tertiary/aromatic N) is 1. The molecule has 2 nitrogen and oxygen atoms in total. The Labute approximate surface area is 91.5 Å². The van der Waals surface area contributed by atoms with E-state index in [1.54, 1.807) is 6.07 Å². The fourth-order valence-corrected chi connectivity index (χ4v) is 2.01. The minimum absolute atomic E-state index is 0.367. The first-order valence-corrected chi connectivity index (χ1v) is 4.87. The van der Waals surface area contributed by atoms with Gasteiger partial charge in [0.05, 0.1) is 11.1 Å². The summed E-state index contributed by atoms with van der Waals surface area (Å²) in [5.74, 6) is 0. The molecule has 0 bridgehead atoms. The second-order valence-corrected chi connectivity index (χ2v) is 3.67. The van der Waals surface area contributed by atoms with Crippen LogP contribution in [0.15, 0.2) is 34.7 Å². The molecule has 0 unspecified atom stereocenters. The number of aromatic nitrogens is 1. The molecular weight excluding hydrogens is 210 g/mol. The molecule has 1 aromatic carbocycles. The van der Waals surface area contributed by atoms with Crippen LogP contribution in [0, 0.1) is 6.92 Å². The van der Waals surface area contributed by atoms with Crippen molar-refractivity contribution in [2.24, 2.45) is 0 Å². The highest BCUT2D eigenvalue weighted by molar-refractivity contribution is 6.36. The van der Waals surface area contributed by atoms with Gasteiger partial charge in [-0.1, -0.05) is 29.8 Å². The lowest BCUT2D eigenvalue weighted by molar-refractivity contribution is 0.668. The summed E-state index contributed by atoms with van der Waals surface area (Å²) >= 11 is 6.03. The maximum absolute atomic E-state index is 6.03. The summed E-state index contributed by atoms with van der Waals surface area (Å²) in [6, 6.07) is 9.37. The molecule has 0 N–H and O–H groups in total. The lowest BCUT2D eigenvalue weighted by Gasteiger charge is -1.94. The molecule has 2 radical (unpaired) electrons. The van der Waals surface area contributed by atoms with Gasteiger partial charge in [0, 0.05) is 18.4 Å². The third-order valence-electron chi connectivity index (χ3n) is 2.34. The van der Waals surface area contributed by atoms with Crippen LogP contribution in [0.5, 0.6) is 0 Å². The Balaban J connectivity index is 2.61. The van der Waals surface area contributed by atoms with E-state index in [1.165, 1.54) is 0 Å². The SMILES string of the molecule is [CH]c1cc2oc3ccccc3c2c(Cl)n1. The largest absolute Gasteiger partial charge is 0.456 e. The summed E-state index contributed by atoms with van der Waals surface area (Å²) in [6.07, 6.45) is 0. The molecule has 15 heavy (non-hydrogen) atoms. The zero-order valence-corrected chi connectivity index (χ0v) is 8.45. The number of furan rings is 1. The van der Waals surface area contributed by atoms with Gasteiger partial charge in [-0.2, -0.15) is 0 Å². The highest BCUT2D eigenvalue weighted by Gasteiger charge is 2.10. The van der Waals surface area contributed by atoms with Crippen LogP contribution in [0.25, 0.3) is 21.9 Å². The van der Waals surface area contributed by atoms with Crippen molar-refractivity contribution in [2.75, 3.05) is 0 Å². The minimum Gasteiger partial charge on any atom is -0.456 e. The molecule has 3 aromatic rings. The van der Waals surface area contributed by atoms with E-state index in [0.29, 0.717) is 16.4 Å². The molecule has 0 amide bonds. The van der Waals surface area contributed by atoms with Gasteiger partial charge in [-0.25, -0.2) is 4.98 Å². The van der Waals surface area contributed by atoms with Crippen LogP contribution in [0.1, 0.15) is 5.69 Å². The molecule has 0 atom stereocenters. The molecule has 2 aromatic heterocycles. The quantitative estimate of drug-likeness (QED) is 0.535. The first kappa shape index (κ1) is 8.74. The summed E-state index contributed by atoms with van der Waals surface area (Å²) in [6.45, 7) is 5.59. The Hall–Kier alpha value is -1.54. The van der Waals surface area contributed by atoms with E-state index >= 15 is 0 Å². The predicted molar refractivity (Wildman–Crippen MR) is 59.9 cm³/mol. The van der Waals surface area contributed by atoms with Gasteiger partial charge >= 0.3 is 0 Å². The van der Waals surface area contributed by atoms with Crippen LogP contribution in [0.4, 0.5) is 0 Å². The van der Waals surface area contributed by atoms with Crippen LogP contribution < -0.4 is 0 Å². The average molecular weight is 216 g/mol. The topological polar surface area (TPSA) is 26.0 Å². The summed E-state index contributed by atoms with van der Waals surface area (Å²) < 4.78 is 5.61. The molecule has 0 aliphatic carbocycles. The molecular formula is C12H6ClNO. The molecule has 72 valence electrons. The second-order valence-electron chi connectivity index (χ2n) is 3.31. The number of fused-ring (bicyclic) bond motifs is 3. The van der Waals surface area contributed by atoms with Gasteiger partial charge < -0.3 is 4.42 Å². The molecule has 3 heteroatoms. The molecule has 0 aliphatic heterocycles. The Bertz CT molecular complexity index is 657. The fraction of sp³-hybridized carbons (Fsp3) is 0. The van der Waals surface area contributed by atoms with Crippen molar-refractivity contribution >= 4 is 33.5 Å². The van der Waals surface area contributed by atoms with Gasteiger partial charge in [0.1, 0.15) is 16.3 Å².